The minimum atomic E-state index is -0.332. The molecule has 13 heavy (non-hydrogen) atoms. The Labute approximate surface area is 76.9 Å². The SMILES string of the molecule is NC(=O)C1NCCc2cc[c]cc21. The molecule has 1 unspecified atom stereocenters. The maximum atomic E-state index is 11.1. The van der Waals surface area contributed by atoms with Gasteiger partial charge in [0.15, 0.2) is 0 Å². The number of hydrogen-bond acceptors (Lipinski definition) is 2. The first-order valence-electron chi connectivity index (χ1n) is 4.30. The van der Waals surface area contributed by atoms with E-state index in [4.69, 9.17) is 5.73 Å². The molecule has 3 N–H and O–H groups in total. The lowest BCUT2D eigenvalue weighted by Crippen LogP contribution is -2.38. The third-order valence-corrected chi connectivity index (χ3v) is 2.33. The van der Waals surface area contributed by atoms with Crippen LogP contribution in [0, 0.1) is 6.07 Å². The lowest BCUT2D eigenvalue weighted by atomic mass is 9.94. The van der Waals surface area contributed by atoms with Gasteiger partial charge in [-0.1, -0.05) is 12.1 Å². The number of carbonyl (C=O) groups is 1. The van der Waals surface area contributed by atoms with E-state index in [-0.39, 0.29) is 11.9 Å². The van der Waals surface area contributed by atoms with Crippen LogP contribution in [0.2, 0.25) is 0 Å². The minimum Gasteiger partial charge on any atom is -0.368 e. The average Bonchev–Trinajstić information content (AvgIpc) is 2.17. The summed E-state index contributed by atoms with van der Waals surface area (Å²) < 4.78 is 0. The molecule has 1 atom stereocenters. The van der Waals surface area contributed by atoms with Crippen LogP contribution in [0.3, 0.4) is 0 Å². The van der Waals surface area contributed by atoms with Crippen molar-refractivity contribution in [1.29, 1.82) is 0 Å². The smallest absolute Gasteiger partial charge is 0.239 e. The molecule has 1 heterocycles. The molecule has 0 fully saturated rings. The maximum absolute atomic E-state index is 11.1. The first-order chi connectivity index (χ1) is 6.29. The molecule has 1 radical (unpaired) electrons. The second-order valence-electron chi connectivity index (χ2n) is 3.16. The van der Waals surface area contributed by atoms with Gasteiger partial charge in [0.05, 0.1) is 0 Å². The Balaban J connectivity index is 2.42. The van der Waals surface area contributed by atoms with Gasteiger partial charge in [-0.3, -0.25) is 4.79 Å². The molecule has 1 amide bonds. The summed E-state index contributed by atoms with van der Waals surface area (Å²) in [6.07, 6.45) is 0.952. The number of benzene rings is 1. The van der Waals surface area contributed by atoms with Crippen LogP contribution in [0.15, 0.2) is 18.2 Å². The van der Waals surface area contributed by atoms with Crippen molar-refractivity contribution in [3.63, 3.8) is 0 Å². The van der Waals surface area contributed by atoms with Crippen molar-refractivity contribution in [3.05, 3.63) is 35.4 Å². The standard InChI is InChI=1S/C10H11N2O/c11-10(13)9-8-4-2-1-3-7(8)5-6-12-9/h1,3-4,9,12H,5-6H2,(H2,11,13). The molecular weight excluding hydrogens is 164 g/mol. The molecule has 0 bridgehead atoms. The molecular formula is C10H11N2O. The molecule has 0 saturated carbocycles. The topological polar surface area (TPSA) is 55.1 Å². The Morgan fingerprint density at radius 1 is 1.69 bits per heavy atom. The summed E-state index contributed by atoms with van der Waals surface area (Å²) >= 11 is 0. The largest absolute Gasteiger partial charge is 0.368 e. The van der Waals surface area contributed by atoms with Gasteiger partial charge in [-0.05, 0) is 29.7 Å². The highest BCUT2D eigenvalue weighted by molar-refractivity contribution is 5.82. The molecule has 1 aliphatic rings. The number of primary amides is 1. The molecule has 2 rings (SSSR count). The van der Waals surface area contributed by atoms with Crippen molar-refractivity contribution in [2.45, 2.75) is 12.5 Å². The van der Waals surface area contributed by atoms with E-state index in [0.717, 1.165) is 18.5 Å². The highest BCUT2D eigenvalue weighted by Crippen LogP contribution is 2.21. The fraction of sp³-hybridized carbons (Fsp3) is 0.300. The molecule has 0 aromatic heterocycles. The van der Waals surface area contributed by atoms with E-state index in [9.17, 15) is 4.79 Å². The summed E-state index contributed by atoms with van der Waals surface area (Å²) in [6, 6.07) is 8.31. The second-order valence-corrected chi connectivity index (χ2v) is 3.16. The van der Waals surface area contributed by atoms with Gasteiger partial charge in [0.1, 0.15) is 6.04 Å². The van der Waals surface area contributed by atoms with Crippen LogP contribution in [0.25, 0.3) is 0 Å². The zero-order valence-corrected chi connectivity index (χ0v) is 7.21. The molecule has 67 valence electrons. The Morgan fingerprint density at radius 3 is 3.31 bits per heavy atom. The molecule has 1 aliphatic heterocycles. The third kappa shape index (κ3) is 1.42. The number of amides is 1. The summed E-state index contributed by atoms with van der Waals surface area (Å²) in [6.45, 7) is 0.810. The van der Waals surface area contributed by atoms with Gasteiger partial charge in [0.2, 0.25) is 5.91 Å². The summed E-state index contributed by atoms with van der Waals surface area (Å²) in [5.74, 6) is -0.319. The quantitative estimate of drug-likeness (QED) is 0.638. The number of fused-ring (bicyclic) bond motifs is 1. The molecule has 1 aromatic rings. The van der Waals surface area contributed by atoms with Crippen LogP contribution < -0.4 is 11.1 Å². The Morgan fingerprint density at radius 2 is 2.54 bits per heavy atom. The number of nitrogens with two attached hydrogens (primary N) is 1. The Hall–Kier alpha value is -1.35. The van der Waals surface area contributed by atoms with Crippen molar-refractivity contribution in [1.82, 2.24) is 5.32 Å². The van der Waals surface area contributed by atoms with E-state index in [2.05, 4.69) is 11.4 Å². The summed E-state index contributed by atoms with van der Waals surface area (Å²) in [5, 5.41) is 3.08. The van der Waals surface area contributed by atoms with E-state index >= 15 is 0 Å². The van der Waals surface area contributed by atoms with E-state index in [1.54, 1.807) is 0 Å². The summed E-state index contributed by atoms with van der Waals surface area (Å²) in [7, 11) is 0. The van der Waals surface area contributed by atoms with Gasteiger partial charge in [0, 0.05) is 6.54 Å². The average molecular weight is 175 g/mol. The van der Waals surface area contributed by atoms with Crippen molar-refractivity contribution >= 4 is 5.91 Å². The maximum Gasteiger partial charge on any atom is 0.239 e. The normalized spacial score (nSPS) is 20.8. The zero-order valence-electron chi connectivity index (χ0n) is 7.21. The monoisotopic (exact) mass is 175 g/mol. The van der Waals surface area contributed by atoms with Gasteiger partial charge < -0.3 is 11.1 Å². The predicted octanol–water partition coefficient (Wildman–Crippen LogP) is 0.159. The first kappa shape index (κ1) is 8.26. The van der Waals surface area contributed by atoms with E-state index in [1.807, 2.05) is 18.2 Å². The van der Waals surface area contributed by atoms with E-state index in [0.29, 0.717) is 0 Å². The number of hydrogen-bond donors (Lipinski definition) is 2. The van der Waals surface area contributed by atoms with Crippen molar-refractivity contribution in [2.24, 2.45) is 5.73 Å². The highest BCUT2D eigenvalue weighted by atomic mass is 16.1. The summed E-state index contributed by atoms with van der Waals surface area (Å²) in [4.78, 5) is 11.1. The van der Waals surface area contributed by atoms with Crippen molar-refractivity contribution < 1.29 is 4.79 Å². The Kier molecular flexibility index (Phi) is 2.02. The number of nitrogens with one attached hydrogen (secondary N) is 1. The summed E-state index contributed by atoms with van der Waals surface area (Å²) in [5.41, 5.74) is 7.44. The first-order valence-corrected chi connectivity index (χ1v) is 4.30. The lowest BCUT2D eigenvalue weighted by molar-refractivity contribution is -0.120. The number of rotatable bonds is 1. The fourth-order valence-corrected chi connectivity index (χ4v) is 1.69. The van der Waals surface area contributed by atoms with Crippen LogP contribution >= 0.6 is 0 Å². The van der Waals surface area contributed by atoms with E-state index < -0.39 is 0 Å². The van der Waals surface area contributed by atoms with Gasteiger partial charge in [-0.15, -0.1) is 0 Å². The zero-order chi connectivity index (χ0) is 9.26. The predicted molar refractivity (Wildman–Crippen MR) is 48.9 cm³/mol. The van der Waals surface area contributed by atoms with Crippen LogP contribution in [-0.4, -0.2) is 12.5 Å². The van der Waals surface area contributed by atoms with Gasteiger partial charge in [-0.2, -0.15) is 0 Å². The van der Waals surface area contributed by atoms with E-state index in [1.165, 1.54) is 5.56 Å². The van der Waals surface area contributed by atoms with Crippen molar-refractivity contribution in [3.8, 4) is 0 Å². The minimum absolute atomic E-state index is 0.319. The fourth-order valence-electron chi connectivity index (χ4n) is 1.69. The van der Waals surface area contributed by atoms with Crippen LogP contribution in [-0.2, 0) is 11.2 Å². The molecule has 1 aromatic carbocycles. The third-order valence-electron chi connectivity index (χ3n) is 2.33. The molecule has 0 saturated heterocycles. The van der Waals surface area contributed by atoms with Gasteiger partial charge in [-0.25, -0.2) is 0 Å². The van der Waals surface area contributed by atoms with Crippen LogP contribution in [0.5, 0.6) is 0 Å². The Bertz CT molecular complexity index is 335. The second kappa shape index (κ2) is 3.18. The van der Waals surface area contributed by atoms with Crippen LogP contribution in [0.1, 0.15) is 17.2 Å². The molecule has 3 heteroatoms. The molecule has 0 spiro atoms. The molecule has 3 nitrogen and oxygen atoms in total. The number of carbonyl (C=O) groups excluding carboxylic acids is 1. The van der Waals surface area contributed by atoms with Crippen LogP contribution in [0.4, 0.5) is 0 Å². The van der Waals surface area contributed by atoms with Crippen molar-refractivity contribution in [2.75, 3.05) is 6.54 Å². The lowest BCUT2D eigenvalue weighted by Gasteiger charge is -2.23. The highest BCUT2D eigenvalue weighted by Gasteiger charge is 2.23. The molecule has 0 aliphatic carbocycles. The van der Waals surface area contributed by atoms with Gasteiger partial charge >= 0.3 is 0 Å². The van der Waals surface area contributed by atoms with Gasteiger partial charge in [0.25, 0.3) is 0 Å².